The number of aromatic amines is 1. The number of nitrogens with one attached hydrogen (secondary N) is 3. The zero-order chi connectivity index (χ0) is 15.4. The Hall–Kier alpha value is -2.83. The first-order chi connectivity index (χ1) is 9.97. The van der Waals surface area contributed by atoms with Gasteiger partial charge in [0.2, 0.25) is 0 Å². The Balaban J connectivity index is 2.04. The minimum atomic E-state index is -1.12. The average Bonchev–Trinajstić information content (AvgIpc) is 2.80. The molecule has 110 valence electrons. The smallest absolute Gasteiger partial charge is 0.354 e. The second-order valence-corrected chi connectivity index (χ2v) is 4.65. The number of rotatable bonds is 4. The highest BCUT2D eigenvalue weighted by atomic mass is 16.4. The molecule has 0 spiro atoms. The predicted octanol–water partition coefficient (Wildman–Crippen LogP) is 2.30. The Morgan fingerprint density at radius 2 is 2.00 bits per heavy atom. The van der Waals surface area contributed by atoms with Gasteiger partial charge in [-0.25, -0.2) is 9.59 Å². The summed E-state index contributed by atoms with van der Waals surface area (Å²) < 4.78 is 0. The number of amides is 2. The molecule has 0 aliphatic carbocycles. The minimum Gasteiger partial charge on any atom is -0.477 e. The van der Waals surface area contributed by atoms with Crippen LogP contribution in [0, 0.1) is 6.92 Å². The van der Waals surface area contributed by atoms with Gasteiger partial charge < -0.3 is 20.7 Å². The van der Waals surface area contributed by atoms with Crippen LogP contribution >= 0.6 is 0 Å². The number of aromatic carboxylic acids is 1. The van der Waals surface area contributed by atoms with E-state index in [9.17, 15) is 9.59 Å². The van der Waals surface area contributed by atoms with Crippen molar-refractivity contribution in [2.75, 3.05) is 5.32 Å². The fraction of sp³-hybridized carbons (Fsp3) is 0.214. The van der Waals surface area contributed by atoms with Gasteiger partial charge in [0.15, 0.2) is 0 Å². The number of nitrogens with zero attached hydrogens (tertiary/aromatic N) is 1. The van der Waals surface area contributed by atoms with Crippen molar-refractivity contribution in [1.82, 2.24) is 15.3 Å². The SMILES string of the molecule is Cc1cc(NC(=O)NC(C)c2ccncc2)c(C(=O)O)[nH]1. The number of carbonyl (C=O) groups excluding carboxylic acids is 1. The van der Waals surface area contributed by atoms with Crippen LogP contribution in [0.15, 0.2) is 30.6 Å². The molecule has 0 aliphatic heterocycles. The zero-order valence-corrected chi connectivity index (χ0v) is 11.7. The predicted molar refractivity (Wildman–Crippen MR) is 77.3 cm³/mol. The molecule has 2 aromatic rings. The highest BCUT2D eigenvalue weighted by Gasteiger charge is 2.16. The van der Waals surface area contributed by atoms with Crippen molar-refractivity contribution < 1.29 is 14.7 Å². The van der Waals surface area contributed by atoms with E-state index in [1.165, 1.54) is 0 Å². The maximum absolute atomic E-state index is 11.9. The van der Waals surface area contributed by atoms with Gasteiger partial charge >= 0.3 is 12.0 Å². The molecule has 2 rings (SSSR count). The second-order valence-electron chi connectivity index (χ2n) is 4.65. The first-order valence-electron chi connectivity index (χ1n) is 6.37. The van der Waals surface area contributed by atoms with E-state index in [0.717, 1.165) is 5.56 Å². The molecule has 21 heavy (non-hydrogen) atoms. The van der Waals surface area contributed by atoms with Crippen molar-refractivity contribution in [3.63, 3.8) is 0 Å². The maximum Gasteiger partial charge on any atom is 0.354 e. The van der Waals surface area contributed by atoms with Gasteiger partial charge in [-0.05, 0) is 37.6 Å². The molecule has 2 aromatic heterocycles. The Morgan fingerprint density at radius 3 is 2.62 bits per heavy atom. The molecule has 2 amide bonds. The summed E-state index contributed by atoms with van der Waals surface area (Å²) in [7, 11) is 0. The number of anilines is 1. The van der Waals surface area contributed by atoms with Crippen molar-refractivity contribution >= 4 is 17.7 Å². The lowest BCUT2D eigenvalue weighted by Crippen LogP contribution is -2.31. The highest BCUT2D eigenvalue weighted by Crippen LogP contribution is 2.17. The fourth-order valence-corrected chi connectivity index (χ4v) is 1.95. The molecule has 0 saturated carbocycles. The van der Waals surface area contributed by atoms with E-state index in [1.54, 1.807) is 37.5 Å². The van der Waals surface area contributed by atoms with Crippen LogP contribution in [0.3, 0.4) is 0 Å². The molecule has 7 heteroatoms. The Labute approximate surface area is 121 Å². The van der Waals surface area contributed by atoms with Crippen LogP contribution in [-0.4, -0.2) is 27.1 Å². The highest BCUT2D eigenvalue weighted by molar-refractivity contribution is 5.99. The maximum atomic E-state index is 11.9. The molecule has 0 aliphatic rings. The molecule has 2 heterocycles. The van der Waals surface area contributed by atoms with Crippen molar-refractivity contribution in [2.45, 2.75) is 19.9 Å². The lowest BCUT2D eigenvalue weighted by molar-refractivity contribution is 0.0692. The topological polar surface area (TPSA) is 107 Å². The molecule has 4 N–H and O–H groups in total. The quantitative estimate of drug-likeness (QED) is 0.692. The van der Waals surface area contributed by atoms with Gasteiger partial charge in [-0.3, -0.25) is 4.98 Å². The number of aryl methyl sites for hydroxylation is 1. The normalized spacial score (nSPS) is 11.7. The summed E-state index contributed by atoms with van der Waals surface area (Å²) in [6, 6.07) is 4.48. The van der Waals surface area contributed by atoms with E-state index >= 15 is 0 Å². The third-order valence-electron chi connectivity index (χ3n) is 2.97. The number of pyridine rings is 1. The number of carbonyl (C=O) groups is 2. The second kappa shape index (κ2) is 6.08. The minimum absolute atomic E-state index is 0.0424. The van der Waals surface area contributed by atoms with E-state index in [0.29, 0.717) is 5.69 Å². The zero-order valence-electron chi connectivity index (χ0n) is 11.7. The molecule has 0 aromatic carbocycles. The van der Waals surface area contributed by atoms with E-state index in [4.69, 9.17) is 5.11 Å². The van der Waals surface area contributed by atoms with Gasteiger partial charge in [0.25, 0.3) is 0 Å². The molecule has 0 bridgehead atoms. The lowest BCUT2D eigenvalue weighted by atomic mass is 10.1. The van der Waals surface area contributed by atoms with Gasteiger partial charge in [-0.2, -0.15) is 0 Å². The molecule has 0 radical (unpaired) electrons. The summed E-state index contributed by atoms with van der Waals surface area (Å²) >= 11 is 0. The number of H-pyrrole nitrogens is 1. The molecule has 1 unspecified atom stereocenters. The van der Waals surface area contributed by atoms with Crippen molar-refractivity contribution in [3.8, 4) is 0 Å². The van der Waals surface area contributed by atoms with Gasteiger partial charge in [0.1, 0.15) is 5.69 Å². The van der Waals surface area contributed by atoms with E-state index < -0.39 is 12.0 Å². The molecule has 0 fully saturated rings. The number of aromatic nitrogens is 2. The van der Waals surface area contributed by atoms with Gasteiger partial charge in [-0.15, -0.1) is 0 Å². The number of urea groups is 1. The fourth-order valence-electron chi connectivity index (χ4n) is 1.95. The van der Waals surface area contributed by atoms with Crippen LogP contribution in [0.25, 0.3) is 0 Å². The number of hydrogen-bond donors (Lipinski definition) is 4. The summed E-state index contributed by atoms with van der Waals surface area (Å²) in [5, 5.41) is 14.3. The lowest BCUT2D eigenvalue weighted by Gasteiger charge is -2.14. The molecule has 0 saturated heterocycles. The largest absolute Gasteiger partial charge is 0.477 e. The van der Waals surface area contributed by atoms with Crippen LogP contribution in [0.4, 0.5) is 10.5 Å². The van der Waals surface area contributed by atoms with Gasteiger partial charge in [0, 0.05) is 18.1 Å². The number of carboxylic acid groups (broad SMARTS) is 1. The Kier molecular flexibility index (Phi) is 4.22. The van der Waals surface area contributed by atoms with E-state index in [1.807, 2.05) is 6.92 Å². The van der Waals surface area contributed by atoms with E-state index in [2.05, 4.69) is 20.6 Å². The number of carboxylic acids is 1. The van der Waals surface area contributed by atoms with Crippen molar-refractivity contribution in [3.05, 3.63) is 47.5 Å². The summed E-state index contributed by atoms with van der Waals surface area (Å²) in [5.41, 5.74) is 1.76. The number of hydrogen-bond acceptors (Lipinski definition) is 3. The van der Waals surface area contributed by atoms with Crippen LogP contribution in [0.2, 0.25) is 0 Å². The Bertz CT molecular complexity index is 651. The first kappa shape index (κ1) is 14.6. The summed E-state index contributed by atoms with van der Waals surface area (Å²) in [6.45, 7) is 3.55. The van der Waals surface area contributed by atoms with E-state index in [-0.39, 0.29) is 17.4 Å². The third-order valence-corrected chi connectivity index (χ3v) is 2.97. The molecular formula is C14H16N4O3. The molecule has 7 nitrogen and oxygen atoms in total. The van der Waals surface area contributed by atoms with Gasteiger partial charge in [-0.1, -0.05) is 0 Å². The first-order valence-corrected chi connectivity index (χ1v) is 6.37. The average molecular weight is 288 g/mol. The summed E-state index contributed by atoms with van der Waals surface area (Å²) in [4.78, 5) is 29.6. The van der Waals surface area contributed by atoms with Crippen molar-refractivity contribution in [2.24, 2.45) is 0 Å². The summed E-state index contributed by atoms with van der Waals surface area (Å²) in [5.74, 6) is -1.12. The standard InChI is InChI=1S/C14H16N4O3/c1-8-7-11(12(16-8)13(19)20)18-14(21)17-9(2)10-3-5-15-6-4-10/h3-7,9,16H,1-2H3,(H,19,20)(H2,17,18,21). The van der Waals surface area contributed by atoms with Gasteiger partial charge in [0.05, 0.1) is 11.7 Å². The Morgan fingerprint density at radius 1 is 1.33 bits per heavy atom. The van der Waals surface area contributed by atoms with Crippen LogP contribution < -0.4 is 10.6 Å². The third kappa shape index (κ3) is 3.59. The van der Waals surface area contributed by atoms with Crippen LogP contribution in [0.5, 0.6) is 0 Å². The van der Waals surface area contributed by atoms with Crippen LogP contribution in [0.1, 0.15) is 34.7 Å². The van der Waals surface area contributed by atoms with Crippen molar-refractivity contribution in [1.29, 1.82) is 0 Å². The molecule has 1 atom stereocenters. The summed E-state index contributed by atoms with van der Waals surface area (Å²) in [6.07, 6.45) is 3.28. The molecular weight excluding hydrogens is 272 g/mol. The van der Waals surface area contributed by atoms with Crippen LogP contribution in [-0.2, 0) is 0 Å². The monoisotopic (exact) mass is 288 g/mol.